The normalized spacial score (nSPS) is 16.0. The molecule has 1 aliphatic heterocycles. The first-order valence-electron chi connectivity index (χ1n) is 7.08. The van der Waals surface area contributed by atoms with Crippen molar-refractivity contribution >= 4 is 37.4 Å². The van der Waals surface area contributed by atoms with Crippen molar-refractivity contribution in [3.8, 4) is 0 Å². The van der Waals surface area contributed by atoms with Crippen LogP contribution in [0.15, 0.2) is 39.4 Å². The van der Waals surface area contributed by atoms with E-state index in [4.69, 9.17) is 4.55 Å². The van der Waals surface area contributed by atoms with E-state index in [1.54, 1.807) is 18.2 Å². The van der Waals surface area contributed by atoms with Crippen molar-refractivity contribution in [1.29, 1.82) is 0 Å². The Labute approximate surface area is 150 Å². The fourth-order valence-electron chi connectivity index (χ4n) is 2.13. The van der Waals surface area contributed by atoms with Crippen molar-refractivity contribution in [1.82, 2.24) is 4.31 Å². The fraction of sp³-hybridized carbons (Fsp3) is 0.267. The van der Waals surface area contributed by atoms with Gasteiger partial charge in [-0.3, -0.25) is 9.35 Å². The standard InChI is InChI=1S/C8H9NO3S2.C7H8O3S/c1-5-3-6-4-7(10)9(2)14(11,12)8(6)13-5;1-6-2-4-7(5-3-6)11(8,9)10/h3H,4H2,1-2H3;2-5H,1H3,(H,8,9,10). The van der Waals surface area contributed by atoms with Crippen LogP contribution in [0.5, 0.6) is 0 Å². The quantitative estimate of drug-likeness (QED) is 0.730. The lowest BCUT2D eigenvalue weighted by atomic mass is 10.2. The molecule has 10 heteroatoms. The van der Waals surface area contributed by atoms with Crippen LogP contribution in [0.4, 0.5) is 0 Å². The molecule has 7 nitrogen and oxygen atoms in total. The lowest BCUT2D eigenvalue weighted by molar-refractivity contribution is -0.125. The maximum Gasteiger partial charge on any atom is 0.294 e. The summed E-state index contributed by atoms with van der Waals surface area (Å²) in [4.78, 5) is 12.2. The van der Waals surface area contributed by atoms with Gasteiger partial charge in [-0.2, -0.15) is 8.42 Å². The summed E-state index contributed by atoms with van der Waals surface area (Å²) in [6, 6.07) is 7.75. The molecule has 0 aliphatic carbocycles. The summed E-state index contributed by atoms with van der Waals surface area (Å²) in [6.45, 7) is 3.68. The Bertz CT molecular complexity index is 1000. The van der Waals surface area contributed by atoms with E-state index in [-0.39, 0.29) is 17.2 Å². The highest BCUT2D eigenvalue weighted by atomic mass is 32.2. The van der Waals surface area contributed by atoms with Gasteiger partial charge in [0.15, 0.2) is 0 Å². The van der Waals surface area contributed by atoms with E-state index < -0.39 is 20.1 Å². The number of hydrogen-bond acceptors (Lipinski definition) is 6. The Morgan fingerprint density at radius 2 is 1.72 bits per heavy atom. The maximum absolute atomic E-state index is 11.7. The van der Waals surface area contributed by atoms with Crippen LogP contribution in [0.3, 0.4) is 0 Å². The molecule has 0 spiro atoms. The van der Waals surface area contributed by atoms with Gasteiger partial charge in [-0.15, -0.1) is 11.3 Å². The zero-order valence-electron chi connectivity index (χ0n) is 13.8. The van der Waals surface area contributed by atoms with Crippen LogP contribution < -0.4 is 0 Å². The number of fused-ring (bicyclic) bond motifs is 1. The van der Waals surface area contributed by atoms with Gasteiger partial charge in [0, 0.05) is 11.9 Å². The molecule has 2 aromatic rings. The third kappa shape index (κ3) is 4.27. The first-order valence-corrected chi connectivity index (χ1v) is 10.8. The van der Waals surface area contributed by atoms with Gasteiger partial charge in [-0.05, 0) is 37.6 Å². The Hall–Kier alpha value is -1.75. The summed E-state index contributed by atoms with van der Waals surface area (Å²) < 4.78 is 54.2. The number of benzene rings is 1. The monoisotopic (exact) mass is 403 g/mol. The van der Waals surface area contributed by atoms with Gasteiger partial charge in [-0.1, -0.05) is 17.7 Å². The second kappa shape index (κ2) is 6.87. The van der Waals surface area contributed by atoms with Crippen LogP contribution in [0.25, 0.3) is 0 Å². The lowest BCUT2D eigenvalue weighted by Crippen LogP contribution is -2.37. The Morgan fingerprint density at radius 3 is 2.24 bits per heavy atom. The zero-order chi connectivity index (χ0) is 19.0. The minimum absolute atomic E-state index is 0.0666. The van der Waals surface area contributed by atoms with Gasteiger partial charge in [-0.25, -0.2) is 12.7 Å². The van der Waals surface area contributed by atoms with Crippen LogP contribution in [0.2, 0.25) is 0 Å². The van der Waals surface area contributed by atoms with Crippen molar-refractivity contribution in [2.75, 3.05) is 7.05 Å². The van der Waals surface area contributed by atoms with E-state index in [0.717, 1.165) is 14.7 Å². The van der Waals surface area contributed by atoms with Gasteiger partial charge < -0.3 is 0 Å². The largest absolute Gasteiger partial charge is 0.294 e. The fourth-order valence-corrected chi connectivity index (χ4v) is 5.56. The molecule has 0 atom stereocenters. The minimum atomic E-state index is -4.02. The van der Waals surface area contributed by atoms with Crippen LogP contribution >= 0.6 is 11.3 Å². The van der Waals surface area contributed by atoms with E-state index in [2.05, 4.69) is 0 Å². The van der Waals surface area contributed by atoms with E-state index in [0.29, 0.717) is 9.77 Å². The van der Waals surface area contributed by atoms with E-state index in [1.807, 2.05) is 13.8 Å². The van der Waals surface area contributed by atoms with E-state index >= 15 is 0 Å². The van der Waals surface area contributed by atoms with E-state index in [9.17, 15) is 21.6 Å². The molecule has 0 bridgehead atoms. The summed E-state index contributed by atoms with van der Waals surface area (Å²) >= 11 is 1.22. The van der Waals surface area contributed by atoms with E-state index in [1.165, 1.54) is 30.5 Å². The van der Waals surface area contributed by atoms with Crippen molar-refractivity contribution in [3.05, 3.63) is 46.3 Å². The van der Waals surface area contributed by atoms with Crippen molar-refractivity contribution in [2.45, 2.75) is 29.4 Å². The molecule has 1 aromatic carbocycles. The topological polar surface area (TPSA) is 109 Å². The maximum atomic E-state index is 11.7. The third-order valence-electron chi connectivity index (χ3n) is 3.50. The molecule has 136 valence electrons. The SMILES string of the molecule is Cc1cc2c(s1)S(=O)(=O)N(C)C(=O)C2.Cc1ccc(S(=O)(=O)O)cc1. The number of carbonyl (C=O) groups is 1. The number of amides is 1. The molecule has 3 rings (SSSR count). The number of aryl methyl sites for hydroxylation is 2. The molecule has 25 heavy (non-hydrogen) atoms. The number of hydrogen-bond donors (Lipinski definition) is 1. The average molecular weight is 404 g/mol. The highest BCUT2D eigenvalue weighted by Crippen LogP contribution is 2.33. The van der Waals surface area contributed by atoms with Crippen LogP contribution in [0, 0.1) is 13.8 Å². The molecule has 1 aliphatic rings. The van der Waals surface area contributed by atoms with Crippen LogP contribution in [-0.4, -0.2) is 38.6 Å². The number of likely N-dealkylation sites (N-methyl/N-ethyl adjacent to an activating group) is 1. The summed E-state index contributed by atoms with van der Waals surface area (Å²) in [6.07, 6.45) is 0.190. The highest BCUT2D eigenvalue weighted by Gasteiger charge is 2.35. The van der Waals surface area contributed by atoms with Gasteiger partial charge >= 0.3 is 0 Å². The molecular weight excluding hydrogens is 386 g/mol. The molecule has 0 saturated carbocycles. The molecular formula is C15H17NO6S3. The Kier molecular flexibility index (Phi) is 5.38. The van der Waals surface area contributed by atoms with Crippen molar-refractivity contribution in [3.63, 3.8) is 0 Å². The lowest BCUT2D eigenvalue weighted by Gasteiger charge is -2.21. The third-order valence-corrected chi connectivity index (χ3v) is 7.79. The minimum Gasteiger partial charge on any atom is -0.282 e. The predicted molar refractivity (Wildman–Crippen MR) is 93.7 cm³/mol. The van der Waals surface area contributed by atoms with Gasteiger partial charge in [0.2, 0.25) is 5.91 Å². The summed E-state index contributed by atoms with van der Waals surface area (Å²) in [5.74, 6) is -0.365. The molecule has 1 aromatic heterocycles. The molecule has 0 saturated heterocycles. The van der Waals surface area contributed by atoms with Gasteiger partial charge in [0.1, 0.15) is 4.21 Å². The average Bonchev–Trinajstić information content (AvgIpc) is 2.87. The molecule has 1 N–H and O–H groups in total. The number of rotatable bonds is 1. The number of thiophene rings is 1. The molecule has 0 radical (unpaired) electrons. The van der Waals surface area contributed by atoms with Crippen LogP contribution in [0.1, 0.15) is 16.0 Å². The Balaban J connectivity index is 0.000000186. The summed E-state index contributed by atoms with van der Waals surface area (Å²) in [7, 11) is -6.27. The molecule has 2 heterocycles. The van der Waals surface area contributed by atoms with Gasteiger partial charge in [0.05, 0.1) is 11.3 Å². The van der Waals surface area contributed by atoms with Gasteiger partial charge in [0.25, 0.3) is 20.1 Å². The number of carbonyl (C=O) groups excluding carboxylic acids is 1. The second-order valence-corrected chi connectivity index (χ2v) is 10.3. The number of sulfonamides is 1. The zero-order valence-corrected chi connectivity index (χ0v) is 16.2. The summed E-state index contributed by atoms with van der Waals surface area (Å²) in [5.41, 5.74) is 1.59. The number of nitrogens with zero attached hydrogens (tertiary/aromatic N) is 1. The second-order valence-electron chi connectivity index (χ2n) is 5.50. The first-order chi connectivity index (χ1) is 11.4. The van der Waals surface area contributed by atoms with Crippen molar-refractivity contribution in [2.24, 2.45) is 0 Å². The molecule has 0 fully saturated rings. The predicted octanol–water partition coefficient (Wildman–Crippen LogP) is 2.00. The molecule has 1 amide bonds. The summed E-state index contributed by atoms with van der Waals surface area (Å²) in [5, 5.41) is 0. The molecule has 0 unspecified atom stereocenters. The van der Waals surface area contributed by atoms with Crippen LogP contribution in [-0.2, 0) is 31.4 Å². The Morgan fingerprint density at radius 1 is 1.16 bits per heavy atom. The first kappa shape index (κ1) is 19.6. The smallest absolute Gasteiger partial charge is 0.282 e. The van der Waals surface area contributed by atoms with Crippen molar-refractivity contribution < 1.29 is 26.2 Å². The highest BCUT2D eigenvalue weighted by molar-refractivity contribution is 7.91.